The van der Waals surface area contributed by atoms with Crippen LogP contribution in [0.15, 0.2) is 60.7 Å². The normalized spacial score (nSPS) is 11.1. The first-order chi connectivity index (χ1) is 10.2. The molecule has 0 aliphatic heterocycles. The zero-order valence-electron chi connectivity index (χ0n) is 12.4. The van der Waals surface area contributed by atoms with Crippen molar-refractivity contribution in [1.82, 2.24) is 4.90 Å². The van der Waals surface area contributed by atoms with Crippen molar-refractivity contribution in [3.05, 3.63) is 71.8 Å². The van der Waals surface area contributed by atoms with E-state index in [-0.39, 0.29) is 11.8 Å². The maximum absolute atomic E-state index is 12.0. The van der Waals surface area contributed by atoms with Crippen molar-refractivity contribution in [2.45, 2.75) is 12.3 Å². The fourth-order valence-electron chi connectivity index (χ4n) is 1.99. The quantitative estimate of drug-likeness (QED) is 0.788. The molecule has 2 aromatic carbocycles. The van der Waals surface area contributed by atoms with Crippen molar-refractivity contribution in [2.24, 2.45) is 0 Å². The van der Waals surface area contributed by atoms with Gasteiger partial charge in [-0.2, -0.15) is 0 Å². The fraction of sp³-hybridized carbons (Fsp3) is 0.211. The van der Waals surface area contributed by atoms with Gasteiger partial charge in [0.05, 0.1) is 5.92 Å². The van der Waals surface area contributed by atoms with Crippen molar-refractivity contribution < 1.29 is 4.79 Å². The van der Waals surface area contributed by atoms with Crippen LogP contribution in [0.1, 0.15) is 23.5 Å². The van der Waals surface area contributed by atoms with Gasteiger partial charge in [-0.1, -0.05) is 60.4 Å². The summed E-state index contributed by atoms with van der Waals surface area (Å²) >= 11 is 0. The molecule has 0 aliphatic rings. The third kappa shape index (κ3) is 4.50. The fourth-order valence-corrected chi connectivity index (χ4v) is 1.99. The molecule has 0 spiro atoms. The molecule has 2 rings (SSSR count). The number of rotatable bonds is 3. The SMILES string of the molecule is CN(C)C(=O)C[C@@H](C#Cc1ccccc1)c1ccccc1. The monoisotopic (exact) mass is 277 g/mol. The van der Waals surface area contributed by atoms with Crippen LogP contribution in [-0.2, 0) is 4.79 Å². The predicted octanol–water partition coefficient (Wildman–Crippen LogP) is 3.30. The number of hydrogen-bond acceptors (Lipinski definition) is 1. The maximum Gasteiger partial charge on any atom is 0.223 e. The van der Waals surface area contributed by atoms with E-state index in [1.807, 2.05) is 60.7 Å². The second-order valence-electron chi connectivity index (χ2n) is 5.09. The van der Waals surface area contributed by atoms with Gasteiger partial charge in [0, 0.05) is 26.1 Å². The summed E-state index contributed by atoms with van der Waals surface area (Å²) in [5.41, 5.74) is 2.05. The van der Waals surface area contributed by atoms with Gasteiger partial charge in [0.1, 0.15) is 0 Å². The van der Waals surface area contributed by atoms with E-state index in [1.54, 1.807) is 19.0 Å². The van der Waals surface area contributed by atoms with Crippen molar-refractivity contribution in [3.8, 4) is 11.8 Å². The number of nitrogens with zero attached hydrogens (tertiary/aromatic N) is 1. The van der Waals surface area contributed by atoms with Gasteiger partial charge in [-0.3, -0.25) is 4.79 Å². The maximum atomic E-state index is 12.0. The number of hydrogen-bond donors (Lipinski definition) is 0. The summed E-state index contributed by atoms with van der Waals surface area (Å²) in [6.07, 6.45) is 0.400. The molecule has 0 bridgehead atoms. The van der Waals surface area contributed by atoms with Crippen molar-refractivity contribution in [3.63, 3.8) is 0 Å². The molecule has 0 aromatic heterocycles. The highest BCUT2D eigenvalue weighted by Crippen LogP contribution is 2.19. The highest BCUT2D eigenvalue weighted by Gasteiger charge is 2.14. The number of benzene rings is 2. The van der Waals surface area contributed by atoms with Crippen LogP contribution in [0.25, 0.3) is 0 Å². The smallest absolute Gasteiger partial charge is 0.223 e. The topological polar surface area (TPSA) is 20.3 Å². The Morgan fingerprint density at radius 3 is 2.14 bits per heavy atom. The zero-order valence-corrected chi connectivity index (χ0v) is 12.4. The standard InChI is InChI=1S/C19H19NO/c1-20(2)19(21)15-18(17-11-7-4-8-12-17)14-13-16-9-5-3-6-10-16/h3-12,18H,15H2,1-2H3/t18-/m1/s1. The summed E-state index contributed by atoms with van der Waals surface area (Å²) in [6.45, 7) is 0. The van der Waals surface area contributed by atoms with Gasteiger partial charge in [0.15, 0.2) is 0 Å². The zero-order chi connectivity index (χ0) is 15.1. The lowest BCUT2D eigenvalue weighted by molar-refractivity contribution is -0.128. The first kappa shape index (κ1) is 14.9. The van der Waals surface area contributed by atoms with Crippen LogP contribution in [0, 0.1) is 11.8 Å². The molecule has 1 atom stereocenters. The molecule has 106 valence electrons. The molecular formula is C19H19NO. The van der Waals surface area contributed by atoms with Gasteiger partial charge in [-0.15, -0.1) is 0 Å². The minimum absolute atomic E-state index is 0.0821. The average molecular weight is 277 g/mol. The lowest BCUT2D eigenvalue weighted by Crippen LogP contribution is -2.23. The molecule has 0 N–H and O–H groups in total. The summed E-state index contributed by atoms with van der Waals surface area (Å²) in [4.78, 5) is 13.6. The minimum Gasteiger partial charge on any atom is -0.349 e. The molecule has 0 radical (unpaired) electrons. The van der Waals surface area contributed by atoms with Crippen LogP contribution in [0.2, 0.25) is 0 Å². The van der Waals surface area contributed by atoms with Crippen molar-refractivity contribution >= 4 is 5.91 Å². The van der Waals surface area contributed by atoms with Gasteiger partial charge in [-0.05, 0) is 17.7 Å². The van der Waals surface area contributed by atoms with Crippen LogP contribution in [0.4, 0.5) is 0 Å². The minimum atomic E-state index is -0.0821. The summed E-state index contributed by atoms with van der Waals surface area (Å²) in [6, 6.07) is 19.8. The molecule has 0 saturated carbocycles. The lowest BCUT2D eigenvalue weighted by atomic mass is 9.95. The Hall–Kier alpha value is -2.53. The molecule has 0 saturated heterocycles. The summed E-state index contributed by atoms with van der Waals surface area (Å²) in [7, 11) is 3.55. The van der Waals surface area contributed by atoms with Crippen LogP contribution in [0.3, 0.4) is 0 Å². The summed E-state index contributed by atoms with van der Waals surface area (Å²) < 4.78 is 0. The first-order valence-corrected chi connectivity index (χ1v) is 6.98. The van der Waals surface area contributed by atoms with Gasteiger partial charge < -0.3 is 4.90 Å². The molecule has 2 heteroatoms. The van der Waals surface area contributed by atoms with Gasteiger partial charge in [0.25, 0.3) is 0 Å². The largest absolute Gasteiger partial charge is 0.349 e. The summed E-state index contributed by atoms with van der Waals surface area (Å²) in [5.74, 6) is 6.41. The first-order valence-electron chi connectivity index (χ1n) is 6.98. The second-order valence-corrected chi connectivity index (χ2v) is 5.09. The molecular weight excluding hydrogens is 258 g/mol. The molecule has 0 aliphatic carbocycles. The molecule has 21 heavy (non-hydrogen) atoms. The molecule has 2 aromatic rings. The van der Waals surface area contributed by atoms with Crippen LogP contribution < -0.4 is 0 Å². The molecule has 0 unspecified atom stereocenters. The van der Waals surface area contributed by atoms with Crippen LogP contribution >= 0.6 is 0 Å². The van der Waals surface area contributed by atoms with E-state index in [4.69, 9.17) is 0 Å². The van der Waals surface area contributed by atoms with Gasteiger partial charge in [-0.25, -0.2) is 0 Å². The number of amides is 1. The number of carbonyl (C=O) groups is 1. The highest BCUT2D eigenvalue weighted by atomic mass is 16.2. The highest BCUT2D eigenvalue weighted by molar-refractivity contribution is 5.77. The molecule has 1 amide bonds. The van der Waals surface area contributed by atoms with E-state index in [2.05, 4.69) is 11.8 Å². The Balaban J connectivity index is 2.25. The third-order valence-electron chi connectivity index (χ3n) is 3.24. The van der Waals surface area contributed by atoms with Crippen LogP contribution in [-0.4, -0.2) is 24.9 Å². The Morgan fingerprint density at radius 2 is 1.57 bits per heavy atom. The molecule has 0 heterocycles. The lowest BCUT2D eigenvalue weighted by Gasteiger charge is -2.15. The van der Waals surface area contributed by atoms with E-state index in [1.165, 1.54) is 0 Å². The van der Waals surface area contributed by atoms with E-state index in [0.717, 1.165) is 11.1 Å². The van der Waals surface area contributed by atoms with E-state index < -0.39 is 0 Å². The Bertz CT molecular complexity index is 636. The summed E-state index contributed by atoms with van der Waals surface area (Å²) in [5, 5.41) is 0. The number of carbonyl (C=O) groups excluding carboxylic acids is 1. The van der Waals surface area contributed by atoms with Gasteiger partial charge >= 0.3 is 0 Å². The second kappa shape index (κ2) is 7.31. The van der Waals surface area contributed by atoms with E-state index in [0.29, 0.717) is 6.42 Å². The van der Waals surface area contributed by atoms with Gasteiger partial charge in [0.2, 0.25) is 5.91 Å². The van der Waals surface area contributed by atoms with E-state index in [9.17, 15) is 4.79 Å². The Kier molecular flexibility index (Phi) is 5.17. The predicted molar refractivity (Wildman–Crippen MR) is 85.8 cm³/mol. The third-order valence-corrected chi connectivity index (χ3v) is 3.24. The van der Waals surface area contributed by atoms with Crippen LogP contribution in [0.5, 0.6) is 0 Å². The Labute approximate surface area is 126 Å². The molecule has 0 fully saturated rings. The average Bonchev–Trinajstić information content (AvgIpc) is 2.53. The van der Waals surface area contributed by atoms with E-state index >= 15 is 0 Å². The molecule has 2 nitrogen and oxygen atoms in total. The van der Waals surface area contributed by atoms with Crippen molar-refractivity contribution in [1.29, 1.82) is 0 Å². The Morgan fingerprint density at radius 1 is 1.00 bits per heavy atom. The van der Waals surface area contributed by atoms with Crippen molar-refractivity contribution in [2.75, 3.05) is 14.1 Å².